The molecule has 65 heavy (non-hydrogen) atoms. The number of quaternary nitrogens is 1. The lowest BCUT2D eigenvalue weighted by Gasteiger charge is -2.31. The van der Waals surface area contributed by atoms with E-state index in [0.717, 1.165) is 103 Å². The van der Waals surface area contributed by atoms with Crippen molar-refractivity contribution in [3.63, 3.8) is 0 Å². The fourth-order valence-electron chi connectivity index (χ4n) is 6.81. The molecule has 1 N–H and O–H groups in total. The van der Waals surface area contributed by atoms with E-state index in [-0.39, 0.29) is 42.7 Å². The zero-order chi connectivity index (χ0) is 47.7. The lowest BCUT2D eigenvalue weighted by atomic mass is 10.1. The monoisotopic (exact) mass is 905 g/mol. The predicted octanol–water partition coefficient (Wildman–Crippen LogP) is 14.8. The van der Waals surface area contributed by atoms with Gasteiger partial charge in [0.2, 0.25) is 0 Å². The average Bonchev–Trinajstić information content (AvgIpc) is 3.27. The molecular weight excluding hydrogens is 811 g/mol. The molecule has 0 fully saturated rings. The maximum atomic E-state index is 12.8. The molecule has 0 heterocycles. The molecule has 0 bridgehead atoms. The predicted molar refractivity (Wildman–Crippen MR) is 275 cm³/mol. The second kappa shape index (κ2) is 46.5. The number of carboxylic acid groups (broad SMARTS) is 1. The topological polar surface area (TPSA) is 99.1 Å². The summed E-state index contributed by atoms with van der Waals surface area (Å²) in [6.45, 7) is 4.46. The van der Waals surface area contributed by atoms with Crippen molar-refractivity contribution in [2.24, 2.45) is 0 Å². The number of ether oxygens (including phenoxy) is 3. The summed E-state index contributed by atoms with van der Waals surface area (Å²) in [6.07, 6.45) is 64.2. The van der Waals surface area contributed by atoms with Gasteiger partial charge in [-0.3, -0.25) is 9.59 Å². The van der Waals surface area contributed by atoms with E-state index in [1.165, 1.54) is 38.5 Å². The number of hydrogen-bond acceptors (Lipinski definition) is 6. The molecule has 8 heteroatoms. The highest BCUT2D eigenvalue weighted by Gasteiger charge is 2.31. The van der Waals surface area contributed by atoms with E-state index in [1.807, 2.05) is 21.1 Å². The highest BCUT2D eigenvalue weighted by Crippen LogP contribution is 2.14. The van der Waals surface area contributed by atoms with Crippen LogP contribution in [0, 0.1) is 0 Å². The standard InChI is InChI=1S/C57H93NO7/c1-6-8-10-12-14-16-18-20-22-24-26-27-28-30-31-33-35-37-39-41-43-45-47-55(59)64-52-53(51-63-50-49-54(57(61)62)58(3,4)5)65-56(60)48-46-44-42-40-38-36-34-32-29-25-23-21-19-17-15-13-11-9-7-2/h8-11,14-17,20-23,26-27,29,32,36,38,53-54H,6-7,12-13,18-19,24-25,28,30-31,33-35,37,39-52H2,1-5H3/p+1/b10-8+,11-9+,16-14+,17-15+,22-20+,23-21+,27-26+,32-29+,38-36+. The van der Waals surface area contributed by atoms with Crippen molar-refractivity contribution in [1.82, 2.24) is 0 Å². The second-order valence-electron chi connectivity index (χ2n) is 17.7. The molecule has 0 aromatic rings. The van der Waals surface area contributed by atoms with E-state index < -0.39 is 18.1 Å². The third-order valence-electron chi connectivity index (χ3n) is 10.7. The summed E-state index contributed by atoms with van der Waals surface area (Å²) >= 11 is 0. The molecule has 0 aliphatic carbocycles. The number of likely N-dealkylation sites (N-methyl/N-ethyl adjacent to an activating group) is 1. The average molecular weight is 905 g/mol. The van der Waals surface area contributed by atoms with Gasteiger partial charge in [0, 0.05) is 19.3 Å². The van der Waals surface area contributed by atoms with E-state index >= 15 is 0 Å². The highest BCUT2D eigenvalue weighted by molar-refractivity contribution is 5.72. The Labute approximate surface area is 398 Å². The van der Waals surface area contributed by atoms with Gasteiger partial charge in [-0.1, -0.05) is 175 Å². The van der Waals surface area contributed by atoms with Crippen molar-refractivity contribution in [3.8, 4) is 0 Å². The first-order valence-electron chi connectivity index (χ1n) is 25.4. The van der Waals surface area contributed by atoms with E-state index in [1.54, 1.807) is 0 Å². The summed E-state index contributed by atoms with van der Waals surface area (Å²) < 4.78 is 17.3. The number of rotatable bonds is 44. The van der Waals surface area contributed by atoms with Gasteiger partial charge in [0.25, 0.3) is 0 Å². The smallest absolute Gasteiger partial charge is 0.362 e. The summed E-state index contributed by atoms with van der Waals surface area (Å²) in [6, 6.07) is -0.629. The maximum Gasteiger partial charge on any atom is 0.362 e. The van der Waals surface area contributed by atoms with Crippen LogP contribution in [0.2, 0.25) is 0 Å². The molecule has 0 rings (SSSR count). The number of aliphatic carboxylic acids is 1. The van der Waals surface area contributed by atoms with Gasteiger partial charge in [-0.15, -0.1) is 0 Å². The molecule has 0 aliphatic heterocycles. The van der Waals surface area contributed by atoms with Gasteiger partial charge in [0.1, 0.15) is 6.61 Å². The zero-order valence-corrected chi connectivity index (χ0v) is 41.9. The van der Waals surface area contributed by atoms with Crippen molar-refractivity contribution >= 4 is 17.9 Å². The van der Waals surface area contributed by atoms with Crippen LogP contribution in [0.15, 0.2) is 109 Å². The summed E-state index contributed by atoms with van der Waals surface area (Å²) in [7, 11) is 5.51. The van der Waals surface area contributed by atoms with Crippen LogP contribution in [0.25, 0.3) is 0 Å². The number of carbonyl (C=O) groups excluding carboxylic acids is 2. The van der Waals surface area contributed by atoms with Gasteiger partial charge in [0.15, 0.2) is 12.1 Å². The Balaban J connectivity index is 4.34. The van der Waals surface area contributed by atoms with Gasteiger partial charge in [-0.2, -0.15) is 0 Å². The number of carbonyl (C=O) groups is 3. The third kappa shape index (κ3) is 45.0. The second-order valence-corrected chi connectivity index (χ2v) is 17.7. The summed E-state index contributed by atoms with van der Waals surface area (Å²) in [5, 5.41) is 9.66. The minimum absolute atomic E-state index is 0.0387. The number of carboxylic acids is 1. The Morgan fingerprint density at radius 3 is 1.22 bits per heavy atom. The van der Waals surface area contributed by atoms with Crippen LogP contribution < -0.4 is 0 Å². The lowest BCUT2D eigenvalue weighted by Crippen LogP contribution is -2.50. The molecule has 0 radical (unpaired) electrons. The molecule has 0 aliphatic rings. The largest absolute Gasteiger partial charge is 0.477 e. The zero-order valence-electron chi connectivity index (χ0n) is 41.9. The van der Waals surface area contributed by atoms with Gasteiger partial charge >= 0.3 is 17.9 Å². The Morgan fingerprint density at radius 2 is 0.815 bits per heavy atom. The first-order chi connectivity index (χ1) is 31.6. The van der Waals surface area contributed by atoms with E-state index in [9.17, 15) is 19.5 Å². The van der Waals surface area contributed by atoms with Crippen molar-refractivity contribution in [2.45, 2.75) is 193 Å². The molecular formula is C57H94NO7+. The van der Waals surface area contributed by atoms with Crippen LogP contribution in [0.3, 0.4) is 0 Å². The number of allylic oxidation sites excluding steroid dienone is 18. The Kier molecular flexibility index (Phi) is 43.6. The SMILES string of the molecule is CC/C=C/C/C=C/C/C=C/C/C=C/C/C=C/CCCCCC(=O)OC(COCCC(C(=O)O)[N+](C)(C)C)COC(=O)CCCCCCCCCCC/C=C/C/C=C/C/C=C/C/C=C/CC. The Bertz CT molecular complexity index is 1420. The van der Waals surface area contributed by atoms with Crippen molar-refractivity contribution < 1.29 is 38.2 Å². The Morgan fingerprint density at radius 1 is 0.462 bits per heavy atom. The molecule has 0 aromatic carbocycles. The molecule has 2 atom stereocenters. The fourth-order valence-corrected chi connectivity index (χ4v) is 6.81. The molecule has 0 aromatic heterocycles. The van der Waals surface area contributed by atoms with E-state index in [0.29, 0.717) is 19.3 Å². The van der Waals surface area contributed by atoms with Crippen LogP contribution in [-0.4, -0.2) is 80.6 Å². The maximum absolute atomic E-state index is 12.8. The Hall–Kier alpha value is -4.01. The minimum Gasteiger partial charge on any atom is -0.477 e. The van der Waals surface area contributed by atoms with Crippen LogP contribution in [0.4, 0.5) is 0 Å². The van der Waals surface area contributed by atoms with Gasteiger partial charge in [-0.05, 0) is 96.3 Å². The number of esters is 2. The molecule has 0 saturated carbocycles. The lowest BCUT2D eigenvalue weighted by molar-refractivity contribution is -0.887. The minimum atomic E-state index is -0.886. The quantitative estimate of drug-likeness (QED) is 0.0281. The molecule has 2 unspecified atom stereocenters. The molecule has 0 amide bonds. The fraction of sp³-hybridized carbons (Fsp3) is 0.632. The number of unbranched alkanes of at least 4 members (excludes halogenated alkanes) is 12. The van der Waals surface area contributed by atoms with Crippen molar-refractivity contribution in [1.29, 1.82) is 0 Å². The van der Waals surface area contributed by atoms with E-state index in [4.69, 9.17) is 14.2 Å². The molecule has 0 saturated heterocycles. The van der Waals surface area contributed by atoms with E-state index in [2.05, 4.69) is 123 Å². The first kappa shape index (κ1) is 61.0. The van der Waals surface area contributed by atoms with Crippen LogP contribution >= 0.6 is 0 Å². The number of nitrogens with zero attached hydrogens (tertiary/aromatic N) is 1. The van der Waals surface area contributed by atoms with Crippen molar-refractivity contribution in [3.05, 3.63) is 109 Å². The molecule has 0 spiro atoms. The van der Waals surface area contributed by atoms with Gasteiger partial charge in [-0.25, -0.2) is 4.79 Å². The van der Waals surface area contributed by atoms with Crippen LogP contribution in [-0.2, 0) is 28.6 Å². The van der Waals surface area contributed by atoms with Gasteiger partial charge < -0.3 is 23.8 Å². The molecule has 8 nitrogen and oxygen atoms in total. The van der Waals surface area contributed by atoms with Crippen molar-refractivity contribution in [2.75, 3.05) is 41.0 Å². The normalized spacial score (nSPS) is 13.8. The summed E-state index contributed by atoms with van der Waals surface area (Å²) in [5.74, 6) is -1.53. The van der Waals surface area contributed by atoms with Gasteiger partial charge in [0.05, 0.1) is 34.4 Å². The van der Waals surface area contributed by atoms with Crippen LogP contribution in [0.5, 0.6) is 0 Å². The highest BCUT2D eigenvalue weighted by atomic mass is 16.6. The third-order valence-corrected chi connectivity index (χ3v) is 10.7. The first-order valence-corrected chi connectivity index (χ1v) is 25.4. The molecule has 368 valence electrons. The number of hydrogen-bond donors (Lipinski definition) is 1. The van der Waals surface area contributed by atoms with Crippen LogP contribution in [0.1, 0.15) is 181 Å². The summed E-state index contributed by atoms with van der Waals surface area (Å²) in [4.78, 5) is 37.2. The summed E-state index contributed by atoms with van der Waals surface area (Å²) in [5.41, 5.74) is 0.